The summed E-state index contributed by atoms with van der Waals surface area (Å²) in [6.07, 6.45) is 3.65. The molecule has 1 aliphatic rings. The largest absolute Gasteiger partial charge is 0.461 e. The fourth-order valence-electron chi connectivity index (χ4n) is 1.66. The SMILES string of the molecule is [CH2]c1ncc(COSC)c2c1OC(C)(C)OC2. The maximum absolute atomic E-state index is 5.76. The highest BCUT2D eigenvalue weighted by molar-refractivity contribution is 7.93. The second-order valence-electron chi connectivity index (χ2n) is 4.26. The molecule has 0 fully saturated rings. The maximum atomic E-state index is 5.76. The van der Waals surface area contributed by atoms with E-state index in [9.17, 15) is 0 Å². The van der Waals surface area contributed by atoms with Crippen LogP contribution in [0.15, 0.2) is 6.20 Å². The zero-order valence-electron chi connectivity index (χ0n) is 10.3. The molecule has 0 atom stereocenters. The monoisotopic (exact) mass is 254 g/mol. The van der Waals surface area contributed by atoms with Crippen LogP contribution in [0.1, 0.15) is 30.7 Å². The lowest BCUT2D eigenvalue weighted by atomic mass is 10.1. The Labute approximate surface area is 106 Å². The van der Waals surface area contributed by atoms with Crippen LogP contribution in [0.2, 0.25) is 0 Å². The highest BCUT2D eigenvalue weighted by Gasteiger charge is 2.30. The Bertz CT molecular complexity index is 420. The number of hydrogen-bond donors (Lipinski definition) is 0. The Morgan fingerprint density at radius 3 is 3.06 bits per heavy atom. The molecule has 0 aromatic carbocycles. The normalized spacial score (nSPS) is 17.4. The summed E-state index contributed by atoms with van der Waals surface area (Å²) in [6.45, 7) is 8.62. The van der Waals surface area contributed by atoms with Crippen molar-refractivity contribution in [2.75, 3.05) is 6.26 Å². The van der Waals surface area contributed by atoms with Crippen LogP contribution in [-0.4, -0.2) is 17.0 Å². The van der Waals surface area contributed by atoms with Gasteiger partial charge in [-0.15, -0.1) is 0 Å². The minimum absolute atomic E-state index is 0.490. The first-order chi connectivity index (χ1) is 8.03. The number of nitrogens with zero attached hydrogens (tertiary/aromatic N) is 1. The van der Waals surface area contributed by atoms with Gasteiger partial charge in [0.1, 0.15) is 0 Å². The van der Waals surface area contributed by atoms with Crippen LogP contribution in [0.3, 0.4) is 0 Å². The molecule has 0 spiro atoms. The van der Waals surface area contributed by atoms with E-state index in [0.717, 1.165) is 16.9 Å². The number of hydrogen-bond acceptors (Lipinski definition) is 5. The zero-order valence-corrected chi connectivity index (χ0v) is 11.1. The highest BCUT2D eigenvalue weighted by Crippen LogP contribution is 2.35. The highest BCUT2D eigenvalue weighted by atomic mass is 32.2. The van der Waals surface area contributed by atoms with Gasteiger partial charge in [-0.25, -0.2) is 0 Å². The van der Waals surface area contributed by atoms with Gasteiger partial charge in [0, 0.05) is 37.4 Å². The molecule has 17 heavy (non-hydrogen) atoms. The lowest BCUT2D eigenvalue weighted by molar-refractivity contribution is -0.180. The van der Waals surface area contributed by atoms with Crippen LogP contribution in [0.25, 0.3) is 0 Å². The second-order valence-corrected chi connectivity index (χ2v) is 4.83. The van der Waals surface area contributed by atoms with Gasteiger partial charge < -0.3 is 13.7 Å². The topological polar surface area (TPSA) is 40.6 Å². The lowest BCUT2D eigenvalue weighted by Gasteiger charge is -2.34. The first-order valence-corrected chi connectivity index (χ1v) is 6.50. The third kappa shape index (κ3) is 2.73. The first kappa shape index (κ1) is 12.7. The third-order valence-corrected chi connectivity index (χ3v) is 2.90. The fourth-order valence-corrected chi connectivity index (χ4v) is 1.90. The van der Waals surface area contributed by atoms with Crippen molar-refractivity contribution < 1.29 is 13.7 Å². The minimum atomic E-state index is -0.625. The van der Waals surface area contributed by atoms with E-state index in [2.05, 4.69) is 11.9 Å². The van der Waals surface area contributed by atoms with Gasteiger partial charge in [-0.1, -0.05) is 0 Å². The molecule has 0 N–H and O–H groups in total. The molecule has 0 aliphatic carbocycles. The predicted octanol–water partition coefficient (Wildman–Crippen LogP) is 2.70. The van der Waals surface area contributed by atoms with E-state index < -0.39 is 5.79 Å². The van der Waals surface area contributed by atoms with E-state index >= 15 is 0 Å². The molecule has 0 saturated carbocycles. The fraction of sp³-hybridized carbons (Fsp3) is 0.500. The molecule has 0 saturated heterocycles. The van der Waals surface area contributed by atoms with Crippen molar-refractivity contribution in [3.05, 3.63) is 29.9 Å². The molecular weight excluding hydrogens is 238 g/mol. The Morgan fingerprint density at radius 2 is 2.35 bits per heavy atom. The number of fused-ring (bicyclic) bond motifs is 1. The summed E-state index contributed by atoms with van der Waals surface area (Å²) in [5, 5.41) is 0. The summed E-state index contributed by atoms with van der Waals surface area (Å²) >= 11 is 1.33. The van der Waals surface area contributed by atoms with Crippen molar-refractivity contribution >= 4 is 12.0 Å². The molecule has 5 heteroatoms. The van der Waals surface area contributed by atoms with Crippen molar-refractivity contribution in [2.24, 2.45) is 0 Å². The molecule has 1 aromatic rings. The van der Waals surface area contributed by atoms with Crippen LogP contribution in [0, 0.1) is 6.92 Å². The Kier molecular flexibility index (Phi) is 3.61. The molecule has 93 valence electrons. The summed E-state index contributed by atoms with van der Waals surface area (Å²) in [4.78, 5) is 4.23. The third-order valence-electron chi connectivity index (χ3n) is 2.54. The van der Waals surface area contributed by atoms with Gasteiger partial charge in [-0.3, -0.25) is 4.98 Å². The molecular formula is C12H16NO3S. The summed E-state index contributed by atoms with van der Waals surface area (Å²) in [5.74, 6) is 0.101. The first-order valence-electron chi connectivity index (χ1n) is 5.35. The Hall–Kier alpha value is -0.780. The van der Waals surface area contributed by atoms with E-state index in [1.807, 2.05) is 20.1 Å². The number of ether oxygens (including phenoxy) is 2. The molecule has 0 unspecified atom stereocenters. The van der Waals surface area contributed by atoms with Gasteiger partial charge in [0.15, 0.2) is 5.75 Å². The van der Waals surface area contributed by atoms with Crippen molar-refractivity contribution in [1.29, 1.82) is 0 Å². The zero-order chi connectivity index (χ0) is 12.5. The van der Waals surface area contributed by atoms with E-state index in [1.54, 1.807) is 6.20 Å². The van der Waals surface area contributed by atoms with Gasteiger partial charge in [-0.2, -0.15) is 0 Å². The molecule has 1 aromatic heterocycles. The molecule has 0 bridgehead atoms. The number of rotatable bonds is 3. The van der Waals surface area contributed by atoms with Gasteiger partial charge >= 0.3 is 0 Å². The van der Waals surface area contributed by atoms with E-state index in [4.69, 9.17) is 13.7 Å². The van der Waals surface area contributed by atoms with Gasteiger partial charge in [0.25, 0.3) is 0 Å². The molecule has 1 aliphatic heterocycles. The van der Waals surface area contributed by atoms with E-state index in [0.29, 0.717) is 18.9 Å². The quantitative estimate of drug-likeness (QED) is 0.776. The Balaban J connectivity index is 2.34. The Morgan fingerprint density at radius 1 is 1.59 bits per heavy atom. The van der Waals surface area contributed by atoms with Gasteiger partial charge in [0.2, 0.25) is 5.79 Å². The molecule has 2 rings (SSSR count). The van der Waals surface area contributed by atoms with E-state index in [-0.39, 0.29) is 0 Å². The van der Waals surface area contributed by atoms with Crippen LogP contribution in [0.5, 0.6) is 5.75 Å². The molecule has 1 radical (unpaired) electrons. The summed E-state index contributed by atoms with van der Waals surface area (Å²) in [7, 11) is 0. The average Bonchev–Trinajstić information content (AvgIpc) is 2.28. The van der Waals surface area contributed by atoms with Gasteiger partial charge in [0.05, 0.1) is 18.9 Å². The summed E-state index contributed by atoms with van der Waals surface area (Å²) in [6, 6.07) is 0. The maximum Gasteiger partial charge on any atom is 0.205 e. The molecule has 4 nitrogen and oxygen atoms in total. The second kappa shape index (κ2) is 4.84. The summed E-state index contributed by atoms with van der Waals surface area (Å²) < 4.78 is 16.7. The van der Waals surface area contributed by atoms with Gasteiger partial charge in [-0.05, 0) is 19.0 Å². The van der Waals surface area contributed by atoms with Crippen LogP contribution >= 0.6 is 12.0 Å². The molecule has 0 amide bonds. The standard InChI is InChI=1S/C12H16NO3S/c1-8-11-10(7-14-12(2,3)16-11)9(5-13-8)6-15-17-4/h5H,1,6-7H2,2-4H3. The average molecular weight is 254 g/mol. The number of pyridine rings is 1. The lowest BCUT2D eigenvalue weighted by Crippen LogP contribution is -2.36. The van der Waals surface area contributed by atoms with Crippen LogP contribution in [-0.2, 0) is 22.1 Å². The smallest absolute Gasteiger partial charge is 0.205 e. The predicted molar refractivity (Wildman–Crippen MR) is 66.5 cm³/mol. The van der Waals surface area contributed by atoms with Crippen LogP contribution < -0.4 is 4.74 Å². The van der Waals surface area contributed by atoms with Crippen molar-refractivity contribution in [1.82, 2.24) is 4.98 Å². The van der Waals surface area contributed by atoms with E-state index in [1.165, 1.54) is 12.0 Å². The van der Waals surface area contributed by atoms with Crippen molar-refractivity contribution in [2.45, 2.75) is 32.8 Å². The summed E-state index contributed by atoms with van der Waals surface area (Å²) in [5.41, 5.74) is 2.61. The van der Waals surface area contributed by atoms with Crippen molar-refractivity contribution in [3.8, 4) is 5.75 Å². The van der Waals surface area contributed by atoms with Crippen LogP contribution in [0.4, 0.5) is 0 Å². The number of aromatic nitrogens is 1. The minimum Gasteiger partial charge on any atom is -0.461 e. The molecule has 2 heterocycles. The van der Waals surface area contributed by atoms with Crippen molar-refractivity contribution in [3.63, 3.8) is 0 Å².